The predicted molar refractivity (Wildman–Crippen MR) is 154 cm³/mol. The Hall–Kier alpha value is -3.43. The molecule has 5 fully saturated rings. The molecule has 2 aromatic rings. The Morgan fingerprint density at radius 3 is 1.44 bits per heavy atom. The molecule has 0 amide bonds. The fraction of sp³-hybridized carbons (Fsp3) is 0.571. The number of hydrogen-bond donors (Lipinski definition) is 1. The summed E-state index contributed by atoms with van der Waals surface area (Å²) >= 11 is 0. The Kier molecular flexibility index (Phi) is 7.98. The van der Waals surface area contributed by atoms with Crippen molar-refractivity contribution in [1.29, 1.82) is 10.7 Å². The highest BCUT2D eigenvalue weighted by Gasteiger charge is 2.59. The number of alkyl halides is 6. The zero-order chi connectivity index (χ0) is 34.4. The van der Waals surface area contributed by atoms with Crippen LogP contribution in [0.2, 0.25) is 0 Å². The van der Waals surface area contributed by atoms with Gasteiger partial charge in [0.05, 0.1) is 0 Å². The number of benzene rings is 2. The maximum absolute atomic E-state index is 14.5. The van der Waals surface area contributed by atoms with Crippen LogP contribution < -0.4 is 0 Å². The lowest BCUT2D eigenvalue weighted by Crippen LogP contribution is -2.35. The van der Waals surface area contributed by atoms with Crippen LogP contribution in [0.5, 0.6) is 0 Å². The molecular formula is C35H31F10N3. The van der Waals surface area contributed by atoms with Gasteiger partial charge in [-0.3, -0.25) is 0 Å². The fourth-order valence-corrected chi connectivity index (χ4v) is 10.6. The van der Waals surface area contributed by atoms with Crippen LogP contribution in [0.15, 0.2) is 29.3 Å². The summed E-state index contributed by atoms with van der Waals surface area (Å²) in [5.41, 5.74) is -2.33. The zero-order valence-corrected chi connectivity index (χ0v) is 25.4. The molecular weight excluding hydrogens is 652 g/mol. The van der Waals surface area contributed by atoms with Gasteiger partial charge in [0.25, 0.3) is 0 Å². The first kappa shape index (κ1) is 33.1. The first-order chi connectivity index (χ1) is 22.6. The molecule has 10 unspecified atom stereocenters. The number of fused-ring (bicyclic) bond motifs is 6. The third kappa shape index (κ3) is 5.32. The summed E-state index contributed by atoms with van der Waals surface area (Å²) in [6.07, 6.45) is -3.96. The van der Waals surface area contributed by atoms with Gasteiger partial charge in [-0.25, -0.2) is 17.6 Å². The van der Waals surface area contributed by atoms with E-state index < -0.39 is 58.6 Å². The van der Waals surface area contributed by atoms with Crippen LogP contribution >= 0.6 is 0 Å². The second-order valence-corrected chi connectivity index (χ2v) is 14.4. The van der Waals surface area contributed by atoms with Crippen molar-refractivity contribution in [3.63, 3.8) is 0 Å². The molecule has 48 heavy (non-hydrogen) atoms. The van der Waals surface area contributed by atoms with Crippen LogP contribution in [-0.2, 0) is 12.4 Å². The minimum atomic E-state index is -5.17. The van der Waals surface area contributed by atoms with Crippen molar-refractivity contribution in [2.45, 2.75) is 75.6 Å². The van der Waals surface area contributed by atoms with Crippen LogP contribution in [0, 0.1) is 87.5 Å². The number of halogens is 10. The summed E-state index contributed by atoms with van der Waals surface area (Å²) in [6.45, 7) is 0. The molecule has 0 aromatic heterocycles. The van der Waals surface area contributed by atoms with Crippen molar-refractivity contribution in [3.05, 3.63) is 69.8 Å². The van der Waals surface area contributed by atoms with Crippen LogP contribution in [0.1, 0.15) is 85.5 Å². The van der Waals surface area contributed by atoms with Gasteiger partial charge in [-0.2, -0.15) is 36.6 Å². The quantitative estimate of drug-likeness (QED) is 0.249. The standard InChI is InChI=1S/C35H31F10N3/c36-26-7-16(8-27(37)30(26)34(40,41)42)14-1-3-18-20-11-21-19-4-2-15(17-9-28(38)31(29(39)10-17)35(43,44)45)6-24(19)33(48-13-46)25(21)12-23(20)32(47)22(18)5-14/h7-10,14-15,18-25,47H,1-6,11-12H2. The molecule has 13 heteroatoms. The molecule has 2 aromatic carbocycles. The molecule has 10 atom stereocenters. The Morgan fingerprint density at radius 1 is 0.583 bits per heavy atom. The number of aliphatic imine (C=N–C) groups is 1. The van der Waals surface area contributed by atoms with E-state index >= 15 is 0 Å². The summed E-state index contributed by atoms with van der Waals surface area (Å²) in [7, 11) is 0. The number of nitriles is 1. The molecule has 256 valence electrons. The van der Waals surface area contributed by atoms with E-state index in [0.29, 0.717) is 56.4 Å². The third-order valence-corrected chi connectivity index (χ3v) is 12.4. The van der Waals surface area contributed by atoms with Crippen LogP contribution in [-0.4, -0.2) is 11.4 Å². The highest BCUT2D eigenvalue weighted by atomic mass is 19.4. The van der Waals surface area contributed by atoms with Gasteiger partial charge in [0, 0.05) is 35.1 Å². The van der Waals surface area contributed by atoms with E-state index in [9.17, 15) is 49.2 Å². The third-order valence-electron chi connectivity index (χ3n) is 12.4. The Balaban J connectivity index is 1.10. The fourth-order valence-electron chi connectivity index (χ4n) is 10.6. The topological polar surface area (TPSA) is 60.0 Å². The molecule has 7 rings (SSSR count). The molecule has 5 aliphatic carbocycles. The summed E-state index contributed by atoms with van der Waals surface area (Å²) in [5.74, 6) is -7.45. The summed E-state index contributed by atoms with van der Waals surface area (Å²) < 4.78 is 137. The molecule has 5 saturated carbocycles. The summed E-state index contributed by atoms with van der Waals surface area (Å²) in [4.78, 5) is 4.23. The Morgan fingerprint density at radius 2 is 0.979 bits per heavy atom. The van der Waals surface area contributed by atoms with Gasteiger partial charge in [0.1, 0.15) is 34.4 Å². The van der Waals surface area contributed by atoms with Crippen LogP contribution in [0.3, 0.4) is 0 Å². The second kappa shape index (κ2) is 11.6. The summed E-state index contributed by atoms with van der Waals surface area (Å²) in [6, 6.07) is 3.05. The first-order valence-electron chi connectivity index (χ1n) is 16.3. The molecule has 0 radical (unpaired) electrons. The smallest absolute Gasteiger partial charge is 0.309 e. The van der Waals surface area contributed by atoms with E-state index in [1.165, 1.54) is 0 Å². The number of hydrogen-bond acceptors (Lipinski definition) is 3. The van der Waals surface area contributed by atoms with E-state index in [-0.39, 0.29) is 58.5 Å². The molecule has 3 nitrogen and oxygen atoms in total. The zero-order valence-electron chi connectivity index (χ0n) is 25.4. The summed E-state index contributed by atoms with van der Waals surface area (Å²) in [5, 5.41) is 18.8. The lowest BCUT2D eigenvalue weighted by molar-refractivity contribution is -0.143. The van der Waals surface area contributed by atoms with E-state index in [1.54, 1.807) is 0 Å². The van der Waals surface area contributed by atoms with E-state index in [0.717, 1.165) is 30.7 Å². The molecule has 0 bridgehead atoms. The van der Waals surface area contributed by atoms with Gasteiger partial charge in [0.2, 0.25) is 6.19 Å². The average Bonchev–Trinajstić information content (AvgIpc) is 3.44. The largest absolute Gasteiger partial charge is 0.422 e. The molecule has 1 N–H and O–H groups in total. The van der Waals surface area contributed by atoms with Crippen molar-refractivity contribution in [2.24, 2.45) is 52.3 Å². The van der Waals surface area contributed by atoms with Gasteiger partial charge in [-0.05, 0) is 122 Å². The average molecular weight is 684 g/mol. The van der Waals surface area contributed by atoms with E-state index in [1.807, 2.05) is 6.19 Å². The predicted octanol–water partition coefficient (Wildman–Crippen LogP) is 10.2. The van der Waals surface area contributed by atoms with Gasteiger partial charge in [0.15, 0.2) is 0 Å². The molecule has 0 heterocycles. The van der Waals surface area contributed by atoms with Gasteiger partial charge in [-0.15, -0.1) is 0 Å². The second-order valence-electron chi connectivity index (χ2n) is 14.4. The van der Waals surface area contributed by atoms with Crippen molar-refractivity contribution in [2.75, 3.05) is 0 Å². The van der Waals surface area contributed by atoms with Gasteiger partial charge in [-0.1, -0.05) is 0 Å². The normalized spacial score (nSPS) is 35.5. The Bertz CT molecular complexity index is 1680. The maximum atomic E-state index is 14.5. The SMILES string of the molecule is N#CN=C1C2CC(c3cc(F)c(C(F)(F)F)c(F)c3)CCC2C2CC3C(CC12)C(=N)C1CC(c2cc(F)c(C(F)(F)F)c(F)c2)CCC13. The maximum Gasteiger partial charge on any atom is 0.422 e. The minimum Gasteiger partial charge on any atom is -0.309 e. The molecule has 0 spiro atoms. The highest BCUT2D eigenvalue weighted by molar-refractivity contribution is 5.95. The first-order valence-corrected chi connectivity index (χ1v) is 16.3. The van der Waals surface area contributed by atoms with Gasteiger partial charge < -0.3 is 5.41 Å². The lowest BCUT2D eigenvalue weighted by Gasteiger charge is -2.41. The van der Waals surface area contributed by atoms with Crippen molar-refractivity contribution in [3.8, 4) is 6.19 Å². The van der Waals surface area contributed by atoms with Crippen molar-refractivity contribution in [1.82, 2.24) is 0 Å². The Labute approximate surface area is 269 Å². The lowest BCUT2D eigenvalue weighted by atomic mass is 9.63. The molecule has 0 saturated heterocycles. The van der Waals surface area contributed by atoms with E-state index in [2.05, 4.69) is 4.99 Å². The van der Waals surface area contributed by atoms with Gasteiger partial charge >= 0.3 is 12.4 Å². The van der Waals surface area contributed by atoms with Crippen molar-refractivity contribution >= 4 is 11.4 Å². The highest BCUT2D eigenvalue weighted by Crippen LogP contribution is 2.63. The monoisotopic (exact) mass is 683 g/mol. The molecule has 0 aliphatic heterocycles. The number of nitrogens with zero attached hydrogens (tertiary/aromatic N) is 2. The van der Waals surface area contributed by atoms with E-state index in [4.69, 9.17) is 5.41 Å². The van der Waals surface area contributed by atoms with Crippen LogP contribution in [0.4, 0.5) is 43.9 Å². The van der Waals surface area contributed by atoms with Crippen LogP contribution in [0.25, 0.3) is 0 Å². The molecule has 5 aliphatic rings. The minimum absolute atomic E-state index is 0.102. The number of nitrogens with one attached hydrogen (secondary N) is 1. The number of rotatable bonds is 2. The van der Waals surface area contributed by atoms with Crippen molar-refractivity contribution < 1.29 is 43.9 Å².